The molecule has 4 aliphatic heterocycles. The molecule has 26 heavy (non-hydrogen) atoms. The number of hydrogen-bond acceptors (Lipinski definition) is 4. The molecule has 1 aliphatic carbocycles. The molecule has 146 valence electrons. The highest BCUT2D eigenvalue weighted by molar-refractivity contribution is 5.81. The van der Waals surface area contributed by atoms with E-state index in [1.54, 1.807) is 0 Å². The Morgan fingerprint density at radius 2 is 1.58 bits per heavy atom. The van der Waals surface area contributed by atoms with Crippen LogP contribution in [0, 0.1) is 16.7 Å². The zero-order chi connectivity index (χ0) is 17.9. The molecule has 0 aromatic carbocycles. The first-order chi connectivity index (χ1) is 12.5. The maximum atomic E-state index is 12.3. The molecule has 5 aliphatic rings. The first-order valence-electron chi connectivity index (χ1n) is 10.9. The summed E-state index contributed by atoms with van der Waals surface area (Å²) < 4.78 is 0. The Morgan fingerprint density at radius 1 is 0.923 bits per heavy atom. The van der Waals surface area contributed by atoms with Crippen molar-refractivity contribution >= 4 is 5.91 Å². The van der Waals surface area contributed by atoms with Gasteiger partial charge in [0.2, 0.25) is 5.91 Å². The second-order valence-electron chi connectivity index (χ2n) is 10.5. The minimum absolute atomic E-state index is 0.390. The van der Waals surface area contributed by atoms with Gasteiger partial charge in [-0.1, -0.05) is 0 Å². The van der Waals surface area contributed by atoms with Crippen LogP contribution in [0.5, 0.6) is 0 Å². The summed E-state index contributed by atoms with van der Waals surface area (Å²) in [7, 11) is 4.59. The molecule has 2 spiro atoms. The summed E-state index contributed by atoms with van der Waals surface area (Å²) in [4.78, 5) is 22.2. The van der Waals surface area contributed by atoms with Crippen LogP contribution >= 0.6 is 0 Å². The van der Waals surface area contributed by atoms with Gasteiger partial charge in [-0.05, 0) is 70.0 Å². The third kappa shape index (κ3) is 3.10. The molecule has 4 heterocycles. The number of piperidine rings is 2. The Morgan fingerprint density at radius 3 is 2.19 bits per heavy atom. The molecule has 0 radical (unpaired) electrons. The molecule has 4 saturated heterocycles. The van der Waals surface area contributed by atoms with Crippen LogP contribution in [-0.4, -0.2) is 98.0 Å². The number of carbonyl (C=O) groups is 1. The molecule has 0 N–H and O–H groups in total. The van der Waals surface area contributed by atoms with Crippen molar-refractivity contribution in [2.75, 3.05) is 66.5 Å². The van der Waals surface area contributed by atoms with E-state index in [2.05, 4.69) is 33.7 Å². The van der Waals surface area contributed by atoms with Crippen LogP contribution in [0.4, 0.5) is 0 Å². The van der Waals surface area contributed by atoms with Crippen molar-refractivity contribution in [2.24, 2.45) is 16.7 Å². The van der Waals surface area contributed by atoms with Gasteiger partial charge in [0, 0.05) is 57.8 Å². The maximum absolute atomic E-state index is 12.3. The zero-order valence-electron chi connectivity index (χ0n) is 16.8. The fourth-order valence-electron chi connectivity index (χ4n) is 6.38. The SMILES string of the molecule is CN1CC2(CCN(C)C(CN3CC4(CCN(C(=O)C5CC5)CC4)C3)C2)C1. The average Bonchev–Trinajstić information content (AvgIpc) is 3.40. The second-order valence-corrected chi connectivity index (χ2v) is 10.5. The van der Waals surface area contributed by atoms with Gasteiger partial charge in [-0.15, -0.1) is 0 Å². The second kappa shape index (κ2) is 6.18. The van der Waals surface area contributed by atoms with E-state index in [0.29, 0.717) is 22.7 Å². The van der Waals surface area contributed by atoms with E-state index in [9.17, 15) is 4.79 Å². The maximum Gasteiger partial charge on any atom is 0.225 e. The van der Waals surface area contributed by atoms with Gasteiger partial charge in [0.05, 0.1) is 0 Å². The van der Waals surface area contributed by atoms with Crippen molar-refractivity contribution in [3.05, 3.63) is 0 Å². The lowest BCUT2D eigenvalue weighted by molar-refractivity contribution is -0.138. The van der Waals surface area contributed by atoms with Gasteiger partial charge in [0.1, 0.15) is 0 Å². The first-order valence-corrected chi connectivity index (χ1v) is 10.9. The molecular weight excluding hydrogens is 324 g/mol. The molecule has 0 bridgehead atoms. The monoisotopic (exact) mass is 360 g/mol. The van der Waals surface area contributed by atoms with Gasteiger partial charge in [-0.2, -0.15) is 0 Å². The van der Waals surface area contributed by atoms with Crippen LogP contribution in [0.1, 0.15) is 38.5 Å². The van der Waals surface area contributed by atoms with Gasteiger partial charge in [0.15, 0.2) is 0 Å². The van der Waals surface area contributed by atoms with Gasteiger partial charge in [0.25, 0.3) is 0 Å². The average molecular weight is 361 g/mol. The zero-order valence-corrected chi connectivity index (χ0v) is 16.8. The van der Waals surface area contributed by atoms with Gasteiger partial charge in [-0.3, -0.25) is 4.79 Å². The molecule has 1 amide bonds. The summed E-state index contributed by atoms with van der Waals surface area (Å²) >= 11 is 0. The van der Waals surface area contributed by atoms with Crippen LogP contribution in [-0.2, 0) is 4.79 Å². The largest absolute Gasteiger partial charge is 0.342 e. The number of nitrogens with zero attached hydrogens (tertiary/aromatic N) is 4. The predicted molar refractivity (Wildman–Crippen MR) is 103 cm³/mol. The number of amides is 1. The summed E-state index contributed by atoms with van der Waals surface area (Å²) in [6, 6.07) is 0.742. The van der Waals surface area contributed by atoms with Crippen LogP contribution in [0.2, 0.25) is 0 Å². The molecule has 1 atom stereocenters. The number of hydrogen-bond donors (Lipinski definition) is 0. The topological polar surface area (TPSA) is 30.0 Å². The lowest BCUT2D eigenvalue weighted by Crippen LogP contribution is -2.65. The molecule has 0 aromatic rings. The highest BCUT2D eigenvalue weighted by Crippen LogP contribution is 2.45. The Bertz CT molecular complexity index is 552. The Hall–Kier alpha value is -0.650. The minimum Gasteiger partial charge on any atom is -0.342 e. The molecule has 1 unspecified atom stereocenters. The Balaban J connectivity index is 1.10. The molecular formula is C21H36N4O. The molecule has 5 heteroatoms. The highest BCUT2D eigenvalue weighted by Gasteiger charge is 2.49. The molecule has 1 saturated carbocycles. The van der Waals surface area contributed by atoms with Crippen molar-refractivity contribution in [1.82, 2.24) is 19.6 Å². The van der Waals surface area contributed by atoms with E-state index in [0.717, 1.165) is 32.0 Å². The van der Waals surface area contributed by atoms with Crippen molar-refractivity contribution < 1.29 is 4.79 Å². The normalized spacial score (nSPS) is 34.7. The van der Waals surface area contributed by atoms with Crippen molar-refractivity contribution in [2.45, 2.75) is 44.6 Å². The van der Waals surface area contributed by atoms with Crippen molar-refractivity contribution in [3.63, 3.8) is 0 Å². The fraction of sp³-hybridized carbons (Fsp3) is 0.952. The quantitative estimate of drug-likeness (QED) is 0.760. The lowest BCUT2D eigenvalue weighted by Gasteiger charge is -2.58. The van der Waals surface area contributed by atoms with E-state index in [1.165, 1.54) is 65.0 Å². The van der Waals surface area contributed by atoms with Gasteiger partial charge >= 0.3 is 0 Å². The highest BCUT2D eigenvalue weighted by atomic mass is 16.2. The molecule has 0 aromatic heterocycles. The third-order valence-corrected chi connectivity index (χ3v) is 8.15. The number of likely N-dealkylation sites (tertiary alicyclic amines) is 4. The summed E-state index contributed by atoms with van der Waals surface area (Å²) in [5.41, 5.74) is 1.16. The summed E-state index contributed by atoms with van der Waals surface area (Å²) in [6.45, 7) is 9.73. The summed E-state index contributed by atoms with van der Waals surface area (Å²) in [5, 5.41) is 0. The Labute approximate surface area is 158 Å². The first kappa shape index (κ1) is 17.4. The number of carbonyl (C=O) groups excluding carboxylic acids is 1. The van der Waals surface area contributed by atoms with E-state index >= 15 is 0 Å². The standard InChI is InChI=1S/C21H36N4O/c1-22-13-21(14-22)5-8-23(2)18(11-21)12-24-15-20(16-24)6-9-25(10-7-20)19(26)17-3-4-17/h17-18H,3-16H2,1-2H3. The minimum atomic E-state index is 0.390. The van der Waals surface area contributed by atoms with Crippen LogP contribution in [0.15, 0.2) is 0 Å². The lowest BCUT2D eigenvalue weighted by atomic mass is 9.68. The van der Waals surface area contributed by atoms with E-state index in [1.807, 2.05) is 0 Å². The smallest absolute Gasteiger partial charge is 0.225 e. The van der Waals surface area contributed by atoms with E-state index in [-0.39, 0.29) is 0 Å². The number of likely N-dealkylation sites (N-methyl/N-ethyl adjacent to an activating group) is 1. The number of rotatable bonds is 3. The van der Waals surface area contributed by atoms with Gasteiger partial charge < -0.3 is 19.6 Å². The predicted octanol–water partition coefficient (Wildman–Crippen LogP) is 1.35. The van der Waals surface area contributed by atoms with E-state index < -0.39 is 0 Å². The third-order valence-electron chi connectivity index (χ3n) is 8.15. The molecule has 5 nitrogen and oxygen atoms in total. The fourth-order valence-corrected chi connectivity index (χ4v) is 6.38. The van der Waals surface area contributed by atoms with Crippen molar-refractivity contribution in [1.29, 1.82) is 0 Å². The summed E-state index contributed by atoms with van der Waals surface area (Å²) in [5.74, 6) is 0.845. The van der Waals surface area contributed by atoms with Crippen LogP contribution < -0.4 is 0 Å². The summed E-state index contributed by atoms with van der Waals surface area (Å²) in [6.07, 6.45) is 7.52. The molecule has 5 fully saturated rings. The molecule has 5 rings (SSSR count). The van der Waals surface area contributed by atoms with Crippen LogP contribution in [0.25, 0.3) is 0 Å². The van der Waals surface area contributed by atoms with E-state index in [4.69, 9.17) is 0 Å². The Kier molecular flexibility index (Phi) is 4.15. The van der Waals surface area contributed by atoms with Crippen LogP contribution in [0.3, 0.4) is 0 Å². The van der Waals surface area contributed by atoms with Crippen molar-refractivity contribution in [3.8, 4) is 0 Å². The van der Waals surface area contributed by atoms with Gasteiger partial charge in [-0.25, -0.2) is 0 Å².